The highest BCUT2D eigenvalue weighted by Gasteiger charge is 1.92. The number of carbonyl (C=O) groups is 1. The average molecular weight is 163 g/mol. The summed E-state index contributed by atoms with van der Waals surface area (Å²) in [5, 5.41) is 3.05. The van der Waals surface area contributed by atoms with Crippen LogP contribution in [0.3, 0.4) is 0 Å². The molecule has 1 N–H and O–H groups in total. The summed E-state index contributed by atoms with van der Waals surface area (Å²) in [5.74, 6) is 0.172. The SMILES string of the molecule is CC(=O)CNCc1ccccc1. The number of hydrogen-bond acceptors (Lipinski definition) is 2. The summed E-state index contributed by atoms with van der Waals surface area (Å²) in [4.78, 5) is 10.6. The molecule has 0 saturated carbocycles. The molecule has 1 rings (SSSR count). The second kappa shape index (κ2) is 4.67. The lowest BCUT2D eigenvalue weighted by molar-refractivity contribution is -0.116. The minimum Gasteiger partial charge on any atom is -0.306 e. The van der Waals surface area contributed by atoms with E-state index in [2.05, 4.69) is 5.32 Å². The number of benzene rings is 1. The van der Waals surface area contributed by atoms with Crippen molar-refractivity contribution in [3.8, 4) is 0 Å². The second-order valence-corrected chi connectivity index (χ2v) is 2.79. The molecule has 0 spiro atoms. The molecule has 0 atom stereocenters. The van der Waals surface area contributed by atoms with Gasteiger partial charge >= 0.3 is 0 Å². The first-order valence-corrected chi connectivity index (χ1v) is 4.03. The largest absolute Gasteiger partial charge is 0.306 e. The van der Waals surface area contributed by atoms with Crippen LogP contribution >= 0.6 is 0 Å². The van der Waals surface area contributed by atoms with Crippen LogP contribution in [0.5, 0.6) is 0 Å². The lowest BCUT2D eigenvalue weighted by atomic mass is 10.2. The number of nitrogens with one attached hydrogen (secondary N) is 1. The van der Waals surface area contributed by atoms with E-state index in [-0.39, 0.29) is 5.78 Å². The summed E-state index contributed by atoms with van der Waals surface area (Å²) in [6.07, 6.45) is 0. The Hall–Kier alpha value is -1.15. The molecule has 0 radical (unpaired) electrons. The van der Waals surface area contributed by atoms with E-state index in [4.69, 9.17) is 0 Å². The Balaban J connectivity index is 2.29. The topological polar surface area (TPSA) is 29.1 Å². The van der Waals surface area contributed by atoms with E-state index < -0.39 is 0 Å². The highest BCUT2D eigenvalue weighted by atomic mass is 16.1. The molecule has 0 fully saturated rings. The zero-order valence-electron chi connectivity index (χ0n) is 7.21. The summed E-state index contributed by atoms with van der Waals surface area (Å²) < 4.78 is 0. The van der Waals surface area contributed by atoms with Gasteiger partial charge < -0.3 is 5.32 Å². The van der Waals surface area contributed by atoms with Crippen LogP contribution in [0, 0.1) is 0 Å². The van der Waals surface area contributed by atoms with Gasteiger partial charge in [-0.05, 0) is 12.5 Å². The van der Waals surface area contributed by atoms with Crippen LogP contribution in [0.2, 0.25) is 0 Å². The first-order valence-electron chi connectivity index (χ1n) is 4.03. The molecule has 1 aromatic carbocycles. The van der Waals surface area contributed by atoms with E-state index >= 15 is 0 Å². The Bertz CT molecular complexity index is 243. The van der Waals surface area contributed by atoms with Gasteiger partial charge in [0, 0.05) is 6.54 Å². The molecule has 0 aliphatic rings. The lowest BCUT2D eigenvalue weighted by Gasteiger charge is -2.01. The molecular formula is C10H13NO. The van der Waals surface area contributed by atoms with Gasteiger partial charge in [-0.1, -0.05) is 30.3 Å². The summed E-state index contributed by atoms with van der Waals surface area (Å²) in [6, 6.07) is 10.0. The molecule has 0 saturated heterocycles. The smallest absolute Gasteiger partial charge is 0.143 e. The van der Waals surface area contributed by atoms with Crippen molar-refractivity contribution >= 4 is 5.78 Å². The molecule has 1 aromatic rings. The van der Waals surface area contributed by atoms with Crippen LogP contribution in [0.1, 0.15) is 12.5 Å². The van der Waals surface area contributed by atoms with Crippen molar-refractivity contribution in [1.29, 1.82) is 0 Å². The predicted molar refractivity (Wildman–Crippen MR) is 48.8 cm³/mol. The Kier molecular flexibility index (Phi) is 3.48. The fourth-order valence-corrected chi connectivity index (χ4v) is 0.979. The van der Waals surface area contributed by atoms with Crippen molar-refractivity contribution in [3.05, 3.63) is 35.9 Å². The number of ketones is 1. The van der Waals surface area contributed by atoms with Crippen molar-refractivity contribution in [2.45, 2.75) is 13.5 Å². The number of rotatable bonds is 4. The Morgan fingerprint density at radius 2 is 2.00 bits per heavy atom. The third-order valence-corrected chi connectivity index (χ3v) is 1.55. The molecular weight excluding hydrogens is 150 g/mol. The van der Waals surface area contributed by atoms with Gasteiger partial charge in [-0.15, -0.1) is 0 Å². The van der Waals surface area contributed by atoms with Crippen molar-refractivity contribution in [2.75, 3.05) is 6.54 Å². The monoisotopic (exact) mass is 163 g/mol. The summed E-state index contributed by atoms with van der Waals surface area (Å²) in [7, 11) is 0. The molecule has 0 heterocycles. The minimum absolute atomic E-state index is 0.172. The molecule has 0 bridgehead atoms. The van der Waals surface area contributed by atoms with Gasteiger partial charge in [0.25, 0.3) is 0 Å². The first-order chi connectivity index (χ1) is 5.79. The second-order valence-electron chi connectivity index (χ2n) is 2.79. The van der Waals surface area contributed by atoms with Gasteiger partial charge in [0.2, 0.25) is 0 Å². The molecule has 0 aliphatic carbocycles. The van der Waals surface area contributed by atoms with E-state index in [9.17, 15) is 4.79 Å². The molecule has 0 aromatic heterocycles. The number of hydrogen-bond donors (Lipinski definition) is 1. The lowest BCUT2D eigenvalue weighted by Crippen LogP contribution is -2.20. The fraction of sp³-hybridized carbons (Fsp3) is 0.300. The van der Waals surface area contributed by atoms with Gasteiger partial charge in [0.05, 0.1) is 6.54 Å². The van der Waals surface area contributed by atoms with Crippen LogP contribution < -0.4 is 5.32 Å². The van der Waals surface area contributed by atoms with Crippen molar-refractivity contribution in [2.24, 2.45) is 0 Å². The normalized spacial score (nSPS) is 9.75. The van der Waals surface area contributed by atoms with Gasteiger partial charge in [-0.2, -0.15) is 0 Å². The molecule has 0 amide bonds. The minimum atomic E-state index is 0.172. The van der Waals surface area contributed by atoms with E-state index in [0.717, 1.165) is 6.54 Å². The molecule has 64 valence electrons. The maximum atomic E-state index is 10.6. The summed E-state index contributed by atoms with van der Waals surface area (Å²) >= 11 is 0. The molecule has 12 heavy (non-hydrogen) atoms. The maximum Gasteiger partial charge on any atom is 0.143 e. The third kappa shape index (κ3) is 3.30. The molecule has 0 unspecified atom stereocenters. The van der Waals surface area contributed by atoms with E-state index in [1.54, 1.807) is 6.92 Å². The molecule has 2 nitrogen and oxygen atoms in total. The summed E-state index contributed by atoms with van der Waals surface area (Å²) in [6.45, 7) is 2.80. The Morgan fingerprint density at radius 1 is 1.33 bits per heavy atom. The highest BCUT2D eigenvalue weighted by Crippen LogP contribution is 1.96. The molecule has 0 aliphatic heterocycles. The molecule has 2 heteroatoms. The van der Waals surface area contributed by atoms with E-state index in [1.807, 2.05) is 30.3 Å². The zero-order chi connectivity index (χ0) is 8.81. The Labute approximate surface area is 72.6 Å². The van der Waals surface area contributed by atoms with Crippen LogP contribution in [-0.2, 0) is 11.3 Å². The van der Waals surface area contributed by atoms with Crippen LogP contribution in [0.25, 0.3) is 0 Å². The number of Topliss-reactive ketones (excluding diaryl/α,β-unsaturated/α-hetero) is 1. The fourth-order valence-electron chi connectivity index (χ4n) is 0.979. The van der Waals surface area contributed by atoms with Crippen molar-refractivity contribution in [3.63, 3.8) is 0 Å². The number of carbonyl (C=O) groups excluding carboxylic acids is 1. The maximum absolute atomic E-state index is 10.6. The van der Waals surface area contributed by atoms with Crippen molar-refractivity contribution in [1.82, 2.24) is 5.32 Å². The Morgan fingerprint density at radius 3 is 2.58 bits per heavy atom. The van der Waals surface area contributed by atoms with E-state index in [0.29, 0.717) is 6.54 Å². The predicted octanol–water partition coefficient (Wildman–Crippen LogP) is 1.37. The summed E-state index contributed by atoms with van der Waals surface area (Å²) in [5.41, 5.74) is 1.21. The van der Waals surface area contributed by atoms with Crippen LogP contribution in [0.15, 0.2) is 30.3 Å². The van der Waals surface area contributed by atoms with Crippen molar-refractivity contribution < 1.29 is 4.79 Å². The van der Waals surface area contributed by atoms with Crippen LogP contribution in [-0.4, -0.2) is 12.3 Å². The third-order valence-electron chi connectivity index (χ3n) is 1.55. The van der Waals surface area contributed by atoms with Gasteiger partial charge in [0.1, 0.15) is 5.78 Å². The first kappa shape index (κ1) is 8.94. The van der Waals surface area contributed by atoms with Crippen LogP contribution in [0.4, 0.5) is 0 Å². The van der Waals surface area contributed by atoms with Gasteiger partial charge in [-0.3, -0.25) is 4.79 Å². The highest BCUT2D eigenvalue weighted by molar-refractivity contribution is 5.77. The van der Waals surface area contributed by atoms with Gasteiger partial charge in [0.15, 0.2) is 0 Å². The average Bonchev–Trinajstić information content (AvgIpc) is 2.05. The standard InChI is InChI=1S/C10H13NO/c1-9(12)7-11-8-10-5-3-2-4-6-10/h2-6,11H,7-8H2,1H3. The van der Waals surface area contributed by atoms with Gasteiger partial charge in [-0.25, -0.2) is 0 Å². The zero-order valence-corrected chi connectivity index (χ0v) is 7.21. The quantitative estimate of drug-likeness (QED) is 0.726. The van der Waals surface area contributed by atoms with E-state index in [1.165, 1.54) is 5.56 Å².